The molecule has 2 nitrogen and oxygen atoms in total. The highest BCUT2D eigenvalue weighted by atomic mass is 16.3. The lowest BCUT2D eigenvalue weighted by molar-refractivity contribution is 0.0294. The van der Waals surface area contributed by atoms with Gasteiger partial charge in [0, 0.05) is 18.2 Å². The maximum absolute atomic E-state index is 9.92. The largest absolute Gasteiger partial charge is 0.508 e. The Morgan fingerprint density at radius 1 is 1.00 bits per heavy atom. The average molecular weight is 263 g/mol. The highest BCUT2D eigenvalue weighted by molar-refractivity contribution is 5.31. The van der Waals surface area contributed by atoms with Gasteiger partial charge < -0.3 is 5.11 Å². The molecule has 0 saturated heterocycles. The van der Waals surface area contributed by atoms with Gasteiger partial charge in [0.25, 0.3) is 0 Å². The number of para-hydroxylation sites is 1. The predicted molar refractivity (Wildman–Crippen MR) is 82.3 cm³/mol. The molecule has 0 aromatic heterocycles. The summed E-state index contributed by atoms with van der Waals surface area (Å²) in [5.41, 5.74) is 1.37. The maximum Gasteiger partial charge on any atom is 0.120 e. The van der Waals surface area contributed by atoms with Gasteiger partial charge in [-0.15, -0.1) is 0 Å². The molecule has 0 radical (unpaired) electrons. The lowest BCUT2D eigenvalue weighted by atomic mass is 9.71. The Kier molecular flexibility index (Phi) is 4.67. The van der Waals surface area contributed by atoms with Gasteiger partial charge in [0.05, 0.1) is 0 Å². The van der Waals surface area contributed by atoms with Gasteiger partial charge in [0.2, 0.25) is 0 Å². The van der Waals surface area contributed by atoms with E-state index in [9.17, 15) is 5.11 Å². The molecule has 0 aliphatic carbocycles. The van der Waals surface area contributed by atoms with Crippen molar-refractivity contribution in [2.75, 3.05) is 7.05 Å². The van der Waals surface area contributed by atoms with E-state index in [-0.39, 0.29) is 10.8 Å². The average Bonchev–Trinajstić information content (AvgIpc) is 2.16. The lowest BCUT2D eigenvalue weighted by Crippen LogP contribution is -2.49. The van der Waals surface area contributed by atoms with Gasteiger partial charge in [-0.25, -0.2) is 0 Å². The van der Waals surface area contributed by atoms with Gasteiger partial charge >= 0.3 is 0 Å². The number of phenols is 1. The van der Waals surface area contributed by atoms with Crippen LogP contribution in [0, 0.1) is 10.8 Å². The standard InChI is InChI=1S/C17H29NO/c1-16(2,3)15(17(4,5)6)18(7)12-13-10-8-9-11-14(13)19/h8-11,15,19H,12H2,1-7H3. The van der Waals surface area contributed by atoms with Crippen LogP contribution in [0.1, 0.15) is 47.1 Å². The molecule has 0 fully saturated rings. The molecule has 0 bridgehead atoms. The molecule has 0 aliphatic heterocycles. The Hall–Kier alpha value is -1.02. The summed E-state index contributed by atoms with van der Waals surface area (Å²) >= 11 is 0. The van der Waals surface area contributed by atoms with E-state index >= 15 is 0 Å². The van der Waals surface area contributed by atoms with E-state index in [0.717, 1.165) is 12.1 Å². The molecule has 0 saturated carbocycles. The topological polar surface area (TPSA) is 23.5 Å². The minimum atomic E-state index is 0.192. The third-order valence-corrected chi connectivity index (χ3v) is 3.49. The first-order chi connectivity index (χ1) is 8.53. The fourth-order valence-corrected chi connectivity index (χ4v) is 3.63. The zero-order valence-corrected chi connectivity index (χ0v) is 13.5. The second-order valence-electron chi connectivity index (χ2n) is 7.68. The smallest absolute Gasteiger partial charge is 0.120 e. The van der Waals surface area contributed by atoms with Crippen molar-refractivity contribution in [1.29, 1.82) is 0 Å². The van der Waals surface area contributed by atoms with Crippen LogP contribution in [0.25, 0.3) is 0 Å². The van der Waals surface area contributed by atoms with Crippen LogP contribution in [0.2, 0.25) is 0 Å². The molecule has 2 heteroatoms. The molecule has 0 atom stereocenters. The zero-order chi connectivity index (χ0) is 14.8. The van der Waals surface area contributed by atoms with Crippen molar-refractivity contribution in [2.24, 2.45) is 10.8 Å². The van der Waals surface area contributed by atoms with E-state index in [1.54, 1.807) is 6.07 Å². The van der Waals surface area contributed by atoms with Gasteiger partial charge in [0.15, 0.2) is 0 Å². The van der Waals surface area contributed by atoms with Crippen molar-refractivity contribution in [3.05, 3.63) is 29.8 Å². The normalized spacial score (nSPS) is 13.3. The molecule has 0 heterocycles. The summed E-state index contributed by atoms with van der Waals surface area (Å²) in [7, 11) is 2.15. The summed E-state index contributed by atoms with van der Waals surface area (Å²) in [5.74, 6) is 0.385. The SMILES string of the molecule is CN(Cc1ccccc1O)C(C(C)(C)C)C(C)(C)C. The molecular formula is C17H29NO. The summed E-state index contributed by atoms with van der Waals surface area (Å²) < 4.78 is 0. The van der Waals surface area contributed by atoms with E-state index in [0.29, 0.717) is 11.8 Å². The number of nitrogens with zero attached hydrogens (tertiary/aromatic N) is 1. The summed E-state index contributed by atoms with van der Waals surface area (Å²) in [5, 5.41) is 9.92. The van der Waals surface area contributed by atoms with Crippen molar-refractivity contribution in [2.45, 2.75) is 54.1 Å². The number of rotatable bonds is 3. The van der Waals surface area contributed by atoms with Gasteiger partial charge in [-0.3, -0.25) is 4.90 Å². The first kappa shape index (κ1) is 16.0. The van der Waals surface area contributed by atoms with E-state index in [4.69, 9.17) is 0 Å². The number of benzene rings is 1. The van der Waals surface area contributed by atoms with Gasteiger partial charge in [-0.2, -0.15) is 0 Å². The minimum absolute atomic E-state index is 0.192. The van der Waals surface area contributed by atoms with Crippen molar-refractivity contribution in [3.63, 3.8) is 0 Å². The monoisotopic (exact) mass is 263 g/mol. The highest BCUT2D eigenvalue weighted by Gasteiger charge is 2.37. The van der Waals surface area contributed by atoms with Crippen LogP contribution < -0.4 is 0 Å². The molecule has 108 valence electrons. The van der Waals surface area contributed by atoms with E-state index in [1.165, 1.54) is 0 Å². The first-order valence-electron chi connectivity index (χ1n) is 7.00. The van der Waals surface area contributed by atoms with Crippen LogP contribution >= 0.6 is 0 Å². The Bertz CT molecular complexity index is 398. The molecule has 19 heavy (non-hydrogen) atoms. The molecule has 0 aliphatic rings. The van der Waals surface area contributed by atoms with Crippen LogP contribution in [0.3, 0.4) is 0 Å². The fraction of sp³-hybridized carbons (Fsp3) is 0.647. The molecule has 1 rings (SSSR count). The molecule has 0 amide bonds. The third-order valence-electron chi connectivity index (χ3n) is 3.49. The maximum atomic E-state index is 9.92. The van der Waals surface area contributed by atoms with Crippen LogP contribution in [0.15, 0.2) is 24.3 Å². The lowest BCUT2D eigenvalue weighted by Gasteiger charge is -2.46. The van der Waals surface area contributed by atoms with Crippen molar-refractivity contribution in [3.8, 4) is 5.75 Å². The van der Waals surface area contributed by atoms with Crippen molar-refractivity contribution >= 4 is 0 Å². The molecule has 0 spiro atoms. The molecular weight excluding hydrogens is 234 g/mol. The van der Waals surface area contributed by atoms with Crippen LogP contribution in [-0.4, -0.2) is 23.1 Å². The molecule has 1 aromatic rings. The third kappa shape index (κ3) is 4.24. The van der Waals surface area contributed by atoms with E-state index in [1.807, 2.05) is 18.2 Å². The number of aromatic hydroxyl groups is 1. The van der Waals surface area contributed by atoms with Gasteiger partial charge in [-0.1, -0.05) is 59.7 Å². The van der Waals surface area contributed by atoms with Crippen molar-refractivity contribution < 1.29 is 5.11 Å². The zero-order valence-electron chi connectivity index (χ0n) is 13.5. The quantitative estimate of drug-likeness (QED) is 0.879. The first-order valence-corrected chi connectivity index (χ1v) is 7.00. The van der Waals surface area contributed by atoms with E-state index in [2.05, 4.69) is 53.5 Å². The fourth-order valence-electron chi connectivity index (χ4n) is 3.63. The second kappa shape index (κ2) is 5.54. The Balaban J connectivity index is 2.97. The highest BCUT2D eigenvalue weighted by Crippen LogP contribution is 2.37. The Morgan fingerprint density at radius 2 is 1.47 bits per heavy atom. The van der Waals surface area contributed by atoms with Crippen LogP contribution in [-0.2, 0) is 6.54 Å². The molecule has 0 unspecified atom stereocenters. The number of hydrogen-bond donors (Lipinski definition) is 1. The predicted octanol–water partition coefficient (Wildman–Crippen LogP) is 4.28. The summed E-state index contributed by atoms with van der Waals surface area (Å²) in [6.07, 6.45) is 0. The summed E-state index contributed by atoms with van der Waals surface area (Å²) in [6, 6.07) is 8.02. The number of phenolic OH excluding ortho intramolecular Hbond substituents is 1. The minimum Gasteiger partial charge on any atom is -0.508 e. The van der Waals surface area contributed by atoms with Gasteiger partial charge in [-0.05, 0) is 23.9 Å². The van der Waals surface area contributed by atoms with E-state index < -0.39 is 0 Å². The van der Waals surface area contributed by atoms with Crippen molar-refractivity contribution in [1.82, 2.24) is 4.90 Å². The molecule has 1 aromatic carbocycles. The molecule has 1 N–H and O–H groups in total. The summed E-state index contributed by atoms with van der Waals surface area (Å²) in [4.78, 5) is 2.36. The van der Waals surface area contributed by atoms with Crippen LogP contribution in [0.4, 0.5) is 0 Å². The summed E-state index contributed by atoms with van der Waals surface area (Å²) in [6.45, 7) is 14.5. The second-order valence-corrected chi connectivity index (χ2v) is 7.68. The number of hydrogen-bond acceptors (Lipinski definition) is 2. The van der Waals surface area contributed by atoms with Gasteiger partial charge in [0.1, 0.15) is 5.75 Å². The Morgan fingerprint density at radius 3 is 1.89 bits per heavy atom. The Labute approximate surface area is 118 Å². The van der Waals surface area contributed by atoms with Crippen LogP contribution in [0.5, 0.6) is 5.75 Å².